The predicted molar refractivity (Wildman–Crippen MR) is 95.7 cm³/mol. The lowest BCUT2D eigenvalue weighted by Gasteiger charge is -2.11. The molecule has 0 unspecified atom stereocenters. The number of benzene rings is 2. The molecule has 0 spiro atoms. The SMILES string of the molecule is Cc1cc(Nc2nc(Nc3ccc(F)cc3F)nc3ccc(F)cc23)n[nH]1. The van der Waals surface area contributed by atoms with Crippen LogP contribution >= 0.6 is 0 Å². The zero-order valence-corrected chi connectivity index (χ0v) is 14.0. The summed E-state index contributed by atoms with van der Waals surface area (Å²) in [6.07, 6.45) is 0. The summed E-state index contributed by atoms with van der Waals surface area (Å²) in [7, 11) is 0. The summed E-state index contributed by atoms with van der Waals surface area (Å²) in [6, 6.07) is 8.91. The first-order chi connectivity index (χ1) is 13.0. The molecule has 0 amide bonds. The standard InChI is InChI=1S/C18H13F3N6/c1-9-6-16(27-26-9)24-17-12-7-10(19)2-4-14(12)22-18(25-17)23-15-5-3-11(20)8-13(15)21/h2-8H,1H3,(H3,22,23,24,25,26,27). The van der Waals surface area contributed by atoms with Crippen LogP contribution in [-0.2, 0) is 0 Å². The average molecular weight is 370 g/mol. The zero-order chi connectivity index (χ0) is 19.0. The number of aromatic nitrogens is 4. The van der Waals surface area contributed by atoms with E-state index in [4.69, 9.17) is 0 Å². The maximum absolute atomic E-state index is 13.9. The van der Waals surface area contributed by atoms with Crippen LogP contribution in [0.2, 0.25) is 0 Å². The number of hydrogen-bond donors (Lipinski definition) is 3. The van der Waals surface area contributed by atoms with Gasteiger partial charge in [0, 0.05) is 23.2 Å². The summed E-state index contributed by atoms with van der Waals surface area (Å²) >= 11 is 0. The highest BCUT2D eigenvalue weighted by atomic mass is 19.1. The number of rotatable bonds is 4. The Morgan fingerprint density at radius 1 is 0.889 bits per heavy atom. The van der Waals surface area contributed by atoms with E-state index in [-0.39, 0.29) is 17.5 Å². The maximum atomic E-state index is 13.9. The minimum atomic E-state index is -0.782. The Balaban J connectivity index is 1.78. The van der Waals surface area contributed by atoms with Gasteiger partial charge in [0.1, 0.15) is 23.3 Å². The van der Waals surface area contributed by atoms with Crippen molar-refractivity contribution >= 4 is 34.2 Å². The second-order valence-electron chi connectivity index (χ2n) is 5.87. The van der Waals surface area contributed by atoms with Gasteiger partial charge in [-0.25, -0.2) is 18.2 Å². The number of hydrogen-bond acceptors (Lipinski definition) is 5. The first-order valence-electron chi connectivity index (χ1n) is 7.96. The highest BCUT2D eigenvalue weighted by Gasteiger charge is 2.12. The van der Waals surface area contributed by atoms with Crippen molar-refractivity contribution in [3.05, 3.63) is 65.6 Å². The lowest BCUT2D eigenvalue weighted by Crippen LogP contribution is -2.04. The van der Waals surface area contributed by atoms with Crippen molar-refractivity contribution in [2.75, 3.05) is 10.6 Å². The molecular weight excluding hydrogens is 357 g/mol. The van der Waals surface area contributed by atoms with Gasteiger partial charge in [0.25, 0.3) is 0 Å². The van der Waals surface area contributed by atoms with Crippen LogP contribution in [0.15, 0.2) is 42.5 Å². The van der Waals surface area contributed by atoms with Crippen molar-refractivity contribution in [1.82, 2.24) is 20.2 Å². The van der Waals surface area contributed by atoms with E-state index in [2.05, 4.69) is 30.8 Å². The van der Waals surface area contributed by atoms with Crippen molar-refractivity contribution in [2.24, 2.45) is 0 Å². The molecule has 0 saturated heterocycles. The lowest BCUT2D eigenvalue weighted by atomic mass is 10.2. The van der Waals surface area contributed by atoms with Crippen LogP contribution in [0.3, 0.4) is 0 Å². The van der Waals surface area contributed by atoms with E-state index < -0.39 is 17.5 Å². The van der Waals surface area contributed by atoms with Crippen molar-refractivity contribution in [2.45, 2.75) is 6.92 Å². The molecule has 136 valence electrons. The number of aryl methyl sites for hydroxylation is 1. The number of aromatic amines is 1. The Kier molecular flexibility index (Phi) is 4.11. The molecule has 2 aromatic heterocycles. The molecule has 0 bridgehead atoms. The van der Waals surface area contributed by atoms with Gasteiger partial charge in [-0.3, -0.25) is 5.10 Å². The van der Waals surface area contributed by atoms with Crippen LogP contribution in [0.4, 0.5) is 36.4 Å². The highest BCUT2D eigenvalue weighted by Crippen LogP contribution is 2.27. The van der Waals surface area contributed by atoms with Gasteiger partial charge < -0.3 is 10.6 Å². The molecule has 3 N–H and O–H groups in total. The van der Waals surface area contributed by atoms with Gasteiger partial charge in [-0.1, -0.05) is 0 Å². The molecule has 4 aromatic rings. The molecule has 6 nitrogen and oxygen atoms in total. The fraction of sp³-hybridized carbons (Fsp3) is 0.0556. The molecule has 0 saturated carbocycles. The predicted octanol–water partition coefficient (Wildman–Crippen LogP) is 4.57. The van der Waals surface area contributed by atoms with Crippen LogP contribution in [0.5, 0.6) is 0 Å². The summed E-state index contributed by atoms with van der Waals surface area (Å²) < 4.78 is 40.7. The van der Waals surface area contributed by atoms with Crippen molar-refractivity contribution in [3.8, 4) is 0 Å². The van der Waals surface area contributed by atoms with Crippen molar-refractivity contribution in [3.63, 3.8) is 0 Å². The van der Waals surface area contributed by atoms with Crippen molar-refractivity contribution < 1.29 is 13.2 Å². The second-order valence-corrected chi connectivity index (χ2v) is 5.87. The molecule has 27 heavy (non-hydrogen) atoms. The van der Waals surface area contributed by atoms with E-state index in [1.165, 1.54) is 24.3 Å². The Morgan fingerprint density at radius 2 is 1.67 bits per heavy atom. The fourth-order valence-corrected chi connectivity index (χ4v) is 2.57. The Labute approximate surface area is 151 Å². The first kappa shape index (κ1) is 16.8. The van der Waals surface area contributed by atoms with Gasteiger partial charge in [0.15, 0.2) is 5.82 Å². The van der Waals surface area contributed by atoms with Gasteiger partial charge >= 0.3 is 0 Å². The van der Waals surface area contributed by atoms with E-state index in [1.54, 1.807) is 6.07 Å². The van der Waals surface area contributed by atoms with Gasteiger partial charge in [0.05, 0.1) is 11.2 Å². The molecular formula is C18H13F3N6. The number of nitrogens with one attached hydrogen (secondary N) is 3. The Hall–Kier alpha value is -3.62. The Morgan fingerprint density at radius 3 is 2.41 bits per heavy atom. The minimum absolute atomic E-state index is 0.0134. The van der Waals surface area contributed by atoms with E-state index in [1.807, 2.05) is 6.92 Å². The van der Waals surface area contributed by atoms with Gasteiger partial charge in [-0.15, -0.1) is 0 Å². The molecule has 0 atom stereocenters. The quantitative estimate of drug-likeness (QED) is 0.491. The van der Waals surface area contributed by atoms with Crippen molar-refractivity contribution in [1.29, 1.82) is 0 Å². The van der Waals surface area contributed by atoms with E-state index in [9.17, 15) is 13.2 Å². The number of fused-ring (bicyclic) bond motifs is 1. The topological polar surface area (TPSA) is 78.5 Å². The molecule has 9 heteroatoms. The smallest absolute Gasteiger partial charge is 0.229 e. The molecule has 0 aliphatic heterocycles. The second kappa shape index (κ2) is 6.60. The minimum Gasteiger partial charge on any atom is -0.323 e. The molecule has 0 aliphatic rings. The van der Waals surface area contributed by atoms with E-state index >= 15 is 0 Å². The average Bonchev–Trinajstić information content (AvgIpc) is 3.03. The molecule has 0 radical (unpaired) electrons. The zero-order valence-electron chi connectivity index (χ0n) is 14.0. The van der Waals surface area contributed by atoms with Crippen LogP contribution in [-0.4, -0.2) is 20.2 Å². The van der Waals surface area contributed by atoms with Crippen LogP contribution < -0.4 is 10.6 Å². The van der Waals surface area contributed by atoms with Crippen LogP contribution in [0.25, 0.3) is 10.9 Å². The number of anilines is 4. The maximum Gasteiger partial charge on any atom is 0.229 e. The molecule has 0 aliphatic carbocycles. The van der Waals surface area contributed by atoms with E-state index in [0.29, 0.717) is 16.7 Å². The first-order valence-corrected chi connectivity index (χ1v) is 7.96. The molecule has 2 heterocycles. The lowest BCUT2D eigenvalue weighted by molar-refractivity contribution is 0.586. The third kappa shape index (κ3) is 3.52. The summed E-state index contributed by atoms with van der Waals surface area (Å²) in [6.45, 7) is 1.83. The van der Waals surface area contributed by atoms with Gasteiger partial charge in [-0.05, 0) is 37.3 Å². The molecule has 4 rings (SSSR count). The third-order valence-corrected chi connectivity index (χ3v) is 3.79. The summed E-state index contributed by atoms with van der Waals surface area (Å²) in [4.78, 5) is 8.56. The highest BCUT2D eigenvalue weighted by molar-refractivity contribution is 5.91. The monoisotopic (exact) mass is 370 g/mol. The summed E-state index contributed by atoms with van der Waals surface area (Å²) in [5, 5.41) is 13.0. The summed E-state index contributed by atoms with van der Waals surface area (Å²) in [5.74, 6) is -1.09. The largest absolute Gasteiger partial charge is 0.323 e. The molecule has 0 fully saturated rings. The number of halogens is 3. The molecule has 2 aromatic carbocycles. The van der Waals surface area contributed by atoms with Crippen LogP contribution in [0, 0.1) is 24.4 Å². The number of H-pyrrole nitrogens is 1. The summed E-state index contributed by atoms with van der Waals surface area (Å²) in [5.41, 5.74) is 1.28. The number of nitrogens with zero attached hydrogens (tertiary/aromatic N) is 3. The Bertz CT molecular complexity index is 1140. The fourth-order valence-electron chi connectivity index (χ4n) is 2.57. The van der Waals surface area contributed by atoms with E-state index in [0.717, 1.165) is 17.8 Å². The third-order valence-electron chi connectivity index (χ3n) is 3.79. The van der Waals surface area contributed by atoms with Gasteiger partial charge in [-0.2, -0.15) is 10.1 Å². The van der Waals surface area contributed by atoms with Crippen LogP contribution in [0.1, 0.15) is 5.69 Å². The van der Waals surface area contributed by atoms with Gasteiger partial charge in [0.2, 0.25) is 5.95 Å². The normalized spacial score (nSPS) is 11.0.